The fraction of sp³-hybridized carbons (Fsp3) is 0.593. The van der Waals surface area contributed by atoms with Gasteiger partial charge in [0.15, 0.2) is 0 Å². The molecule has 0 radical (unpaired) electrons. The first-order valence-electron chi connectivity index (χ1n) is 13.1. The maximum absolute atomic E-state index is 14.0. The topological polar surface area (TPSA) is 177 Å². The first-order valence-corrected chi connectivity index (χ1v) is 13.1. The Hall–Kier alpha value is -3.83. The number of benzene rings is 1. The Labute approximate surface area is 228 Å². The minimum Gasteiger partial charge on any atom is -0.508 e. The molecule has 0 aromatic heterocycles. The molecule has 0 bridgehead atoms. The van der Waals surface area contributed by atoms with Crippen LogP contribution in [0.3, 0.4) is 0 Å². The van der Waals surface area contributed by atoms with Gasteiger partial charge in [-0.3, -0.25) is 19.2 Å². The summed E-state index contributed by atoms with van der Waals surface area (Å²) in [7, 11) is 0. The molecule has 1 aromatic rings. The molecule has 216 valence electrons. The predicted octanol–water partition coefficient (Wildman–Crippen LogP) is 1.90. The molecule has 12 nitrogen and oxygen atoms in total. The molecular weight excluding hydrogens is 508 g/mol. The third kappa shape index (κ3) is 10.1. The van der Waals surface area contributed by atoms with Crippen LogP contribution in [0.1, 0.15) is 71.9 Å². The number of nitrogens with one attached hydrogen (secondary N) is 2. The van der Waals surface area contributed by atoms with Crippen LogP contribution < -0.4 is 16.4 Å². The molecule has 1 aliphatic carbocycles. The van der Waals surface area contributed by atoms with Crippen LogP contribution in [0.25, 0.3) is 0 Å². The van der Waals surface area contributed by atoms with Gasteiger partial charge in [-0.15, -0.1) is 0 Å². The quantitative estimate of drug-likeness (QED) is 0.270. The molecule has 1 saturated carbocycles. The zero-order chi connectivity index (χ0) is 29.3. The molecule has 0 heterocycles. The SMILES string of the molecule is CCOC(=O)CCNC(=O)C(c1ccc(O)cc1)N(C(=O)C(CCC(N)=O)NC(=O)OC(C)(C)C)C1CC1C. The fourth-order valence-corrected chi connectivity index (χ4v) is 4.06. The monoisotopic (exact) mass is 548 g/mol. The Balaban J connectivity index is 2.42. The van der Waals surface area contributed by atoms with Crippen LogP contribution in [-0.2, 0) is 28.7 Å². The highest BCUT2D eigenvalue weighted by Gasteiger charge is 2.48. The van der Waals surface area contributed by atoms with E-state index in [-0.39, 0.29) is 50.1 Å². The molecule has 4 atom stereocenters. The van der Waals surface area contributed by atoms with Gasteiger partial charge in [-0.2, -0.15) is 0 Å². The highest BCUT2D eigenvalue weighted by molar-refractivity contribution is 5.93. The number of aromatic hydroxyl groups is 1. The van der Waals surface area contributed by atoms with Gasteiger partial charge in [0, 0.05) is 19.0 Å². The average molecular weight is 549 g/mol. The molecule has 0 saturated heterocycles. The Kier molecular flexibility index (Phi) is 11.1. The molecule has 4 unspecified atom stereocenters. The van der Waals surface area contributed by atoms with Gasteiger partial charge in [0.1, 0.15) is 23.4 Å². The normalized spacial score (nSPS) is 17.8. The molecule has 39 heavy (non-hydrogen) atoms. The van der Waals surface area contributed by atoms with Crippen LogP contribution in [0.15, 0.2) is 24.3 Å². The molecule has 5 N–H and O–H groups in total. The van der Waals surface area contributed by atoms with Crippen molar-refractivity contribution in [3.63, 3.8) is 0 Å². The third-order valence-corrected chi connectivity index (χ3v) is 6.02. The van der Waals surface area contributed by atoms with E-state index in [2.05, 4.69) is 10.6 Å². The summed E-state index contributed by atoms with van der Waals surface area (Å²) in [4.78, 5) is 64.9. The van der Waals surface area contributed by atoms with Crippen molar-refractivity contribution in [2.24, 2.45) is 11.7 Å². The van der Waals surface area contributed by atoms with Gasteiger partial charge < -0.3 is 35.8 Å². The van der Waals surface area contributed by atoms with Gasteiger partial charge >= 0.3 is 12.1 Å². The van der Waals surface area contributed by atoms with E-state index in [1.807, 2.05) is 6.92 Å². The number of carbonyl (C=O) groups is 5. The zero-order valence-electron chi connectivity index (χ0n) is 23.2. The highest BCUT2D eigenvalue weighted by Crippen LogP contribution is 2.41. The number of ether oxygens (including phenoxy) is 2. The van der Waals surface area contributed by atoms with E-state index in [4.69, 9.17) is 15.2 Å². The molecular formula is C27H40N4O8. The predicted molar refractivity (Wildman–Crippen MR) is 141 cm³/mol. The summed E-state index contributed by atoms with van der Waals surface area (Å²) in [5.74, 6) is -2.23. The first-order chi connectivity index (χ1) is 18.2. The number of alkyl carbamates (subject to hydrolysis) is 1. The van der Waals surface area contributed by atoms with Gasteiger partial charge in [-0.1, -0.05) is 19.1 Å². The minimum absolute atomic E-state index is 0.0181. The van der Waals surface area contributed by atoms with E-state index in [9.17, 15) is 29.1 Å². The van der Waals surface area contributed by atoms with E-state index < -0.39 is 47.5 Å². The van der Waals surface area contributed by atoms with Crippen molar-refractivity contribution in [2.45, 2.75) is 84.0 Å². The Morgan fingerprint density at radius 1 is 1.13 bits per heavy atom. The van der Waals surface area contributed by atoms with Gasteiger partial charge in [-0.25, -0.2) is 4.79 Å². The van der Waals surface area contributed by atoms with Crippen LogP contribution in [0, 0.1) is 5.92 Å². The summed E-state index contributed by atoms with van der Waals surface area (Å²) in [6.07, 6.45) is -0.579. The average Bonchev–Trinajstić information content (AvgIpc) is 3.54. The standard InChI is InChI=1S/C27H40N4O8/c1-6-38-22(34)13-14-29-24(35)23(17-7-9-18(32)10-8-17)31(20-15-16(20)2)25(36)19(11-12-21(28)33)30-26(37)39-27(3,4)5/h7-10,16,19-20,23,32H,6,11-15H2,1-5H3,(H2,28,33)(H,29,35)(H,30,37). The van der Waals surface area contributed by atoms with Crippen molar-refractivity contribution in [3.8, 4) is 5.75 Å². The largest absolute Gasteiger partial charge is 0.508 e. The maximum atomic E-state index is 14.0. The van der Waals surface area contributed by atoms with Crippen molar-refractivity contribution in [3.05, 3.63) is 29.8 Å². The van der Waals surface area contributed by atoms with Crippen LogP contribution in [-0.4, -0.2) is 70.6 Å². The number of carbonyl (C=O) groups excluding carboxylic acids is 5. The van der Waals surface area contributed by atoms with Gasteiger partial charge in [0.25, 0.3) is 0 Å². The van der Waals surface area contributed by atoms with Crippen LogP contribution in [0.5, 0.6) is 5.75 Å². The summed E-state index contributed by atoms with van der Waals surface area (Å²) in [5, 5.41) is 15.0. The van der Waals surface area contributed by atoms with Crippen molar-refractivity contribution in [1.82, 2.24) is 15.5 Å². The number of phenolic OH excluding ortho intramolecular Hbond substituents is 1. The molecule has 0 spiro atoms. The maximum Gasteiger partial charge on any atom is 0.408 e. The Bertz CT molecular complexity index is 1040. The second kappa shape index (κ2) is 13.8. The van der Waals surface area contributed by atoms with Crippen LogP contribution in [0.2, 0.25) is 0 Å². The summed E-state index contributed by atoms with van der Waals surface area (Å²) >= 11 is 0. The summed E-state index contributed by atoms with van der Waals surface area (Å²) < 4.78 is 10.2. The molecule has 12 heteroatoms. The molecule has 2 rings (SSSR count). The van der Waals surface area contributed by atoms with E-state index in [0.29, 0.717) is 12.0 Å². The molecule has 1 aliphatic rings. The molecule has 0 aliphatic heterocycles. The van der Waals surface area contributed by atoms with Crippen molar-refractivity contribution < 1.29 is 38.6 Å². The lowest BCUT2D eigenvalue weighted by molar-refractivity contribution is -0.145. The van der Waals surface area contributed by atoms with Crippen molar-refractivity contribution in [1.29, 1.82) is 0 Å². The lowest BCUT2D eigenvalue weighted by atomic mass is 10.0. The lowest BCUT2D eigenvalue weighted by Crippen LogP contribution is -2.54. The number of esters is 1. The summed E-state index contributed by atoms with van der Waals surface area (Å²) in [6.45, 7) is 8.82. The second-order valence-electron chi connectivity index (χ2n) is 10.6. The van der Waals surface area contributed by atoms with Crippen LogP contribution >= 0.6 is 0 Å². The lowest BCUT2D eigenvalue weighted by Gasteiger charge is -2.35. The smallest absolute Gasteiger partial charge is 0.408 e. The van der Waals surface area contributed by atoms with E-state index in [0.717, 1.165) is 0 Å². The van der Waals surface area contributed by atoms with Gasteiger partial charge in [0.05, 0.1) is 13.0 Å². The molecule has 1 fully saturated rings. The number of phenols is 1. The number of amides is 4. The number of nitrogens with zero attached hydrogens (tertiary/aromatic N) is 1. The number of hydrogen-bond acceptors (Lipinski definition) is 8. The number of rotatable bonds is 13. The number of primary amides is 1. The van der Waals surface area contributed by atoms with Crippen LogP contribution in [0.4, 0.5) is 4.79 Å². The second-order valence-corrected chi connectivity index (χ2v) is 10.6. The van der Waals surface area contributed by atoms with Gasteiger partial charge in [0.2, 0.25) is 17.7 Å². The molecule has 1 aromatic carbocycles. The fourth-order valence-electron chi connectivity index (χ4n) is 4.06. The van der Waals surface area contributed by atoms with Gasteiger partial charge in [-0.05, 0) is 64.2 Å². The number of hydrogen-bond donors (Lipinski definition) is 4. The van der Waals surface area contributed by atoms with Crippen molar-refractivity contribution in [2.75, 3.05) is 13.2 Å². The molecule has 4 amide bonds. The Morgan fingerprint density at radius 2 is 1.74 bits per heavy atom. The highest BCUT2D eigenvalue weighted by atomic mass is 16.6. The van der Waals surface area contributed by atoms with E-state index in [1.54, 1.807) is 27.7 Å². The first kappa shape index (κ1) is 31.4. The van der Waals surface area contributed by atoms with Crippen molar-refractivity contribution >= 4 is 29.8 Å². The minimum atomic E-state index is -1.20. The zero-order valence-corrected chi connectivity index (χ0v) is 23.2. The van der Waals surface area contributed by atoms with E-state index in [1.165, 1.54) is 29.2 Å². The summed E-state index contributed by atoms with van der Waals surface area (Å²) in [6, 6.07) is 3.17. The third-order valence-electron chi connectivity index (χ3n) is 6.02. The summed E-state index contributed by atoms with van der Waals surface area (Å²) in [5.41, 5.74) is 4.91. The van der Waals surface area contributed by atoms with E-state index >= 15 is 0 Å². The number of nitrogens with two attached hydrogens (primary N) is 1. The Morgan fingerprint density at radius 3 is 2.26 bits per heavy atom.